The maximum Gasteiger partial charge on any atom is 0.407 e. The fourth-order valence-corrected chi connectivity index (χ4v) is 3.59. The molecule has 1 saturated carbocycles. The van der Waals surface area contributed by atoms with Gasteiger partial charge in [-0.05, 0) is 62.4 Å². The van der Waals surface area contributed by atoms with Gasteiger partial charge < -0.3 is 20.1 Å². The van der Waals surface area contributed by atoms with Crippen LogP contribution in [0.5, 0.6) is 5.75 Å². The van der Waals surface area contributed by atoms with Gasteiger partial charge in [-0.25, -0.2) is 4.79 Å². The summed E-state index contributed by atoms with van der Waals surface area (Å²) in [5.41, 5.74) is -0.140. The molecule has 0 radical (unpaired) electrons. The van der Waals surface area contributed by atoms with Gasteiger partial charge in [0.2, 0.25) is 0 Å². The Labute approximate surface area is 167 Å². The molecule has 0 unspecified atom stereocenters. The first-order valence-electron chi connectivity index (χ1n) is 8.91. The summed E-state index contributed by atoms with van der Waals surface area (Å²) in [4.78, 5) is 22.6. The average Bonchev–Trinajstić information content (AvgIpc) is 2.53. The van der Waals surface area contributed by atoms with E-state index in [0.717, 1.165) is 25.7 Å². The molecule has 2 rings (SSSR count). The normalized spacial score (nSPS) is 19.9. The van der Waals surface area contributed by atoms with Crippen molar-refractivity contribution in [3.8, 4) is 5.75 Å². The number of nitro groups is 1. The van der Waals surface area contributed by atoms with Gasteiger partial charge in [-0.1, -0.05) is 0 Å². The number of nitrogens with zero attached hydrogens (tertiary/aromatic N) is 1. The van der Waals surface area contributed by atoms with Crippen molar-refractivity contribution in [1.82, 2.24) is 5.32 Å². The molecule has 1 amide bonds. The maximum atomic E-state index is 11.9. The van der Waals surface area contributed by atoms with E-state index in [4.69, 9.17) is 9.47 Å². The molecule has 0 aromatic heterocycles. The Kier molecular flexibility index (Phi) is 6.91. The van der Waals surface area contributed by atoms with Crippen LogP contribution in [0.4, 0.5) is 16.2 Å². The number of hydrogen-bond acceptors (Lipinski definition) is 6. The second-order valence-corrected chi connectivity index (χ2v) is 8.40. The van der Waals surface area contributed by atoms with Crippen LogP contribution in [-0.2, 0) is 4.74 Å². The van der Waals surface area contributed by atoms with Crippen LogP contribution in [-0.4, -0.2) is 35.8 Å². The SMILES string of the molecule is CNc1cc(O[C@H]2CC[C@@H](NC(=O)OC(C)(C)C)CC2)cc(Br)c1[N+](=O)[O-]. The monoisotopic (exact) mass is 443 g/mol. The number of nitro benzene ring substituents is 1. The summed E-state index contributed by atoms with van der Waals surface area (Å²) in [5, 5.41) is 16.9. The summed E-state index contributed by atoms with van der Waals surface area (Å²) in [6.07, 6.45) is 2.74. The molecule has 150 valence electrons. The second-order valence-electron chi connectivity index (χ2n) is 7.55. The van der Waals surface area contributed by atoms with E-state index in [1.54, 1.807) is 19.2 Å². The number of benzene rings is 1. The topological polar surface area (TPSA) is 103 Å². The van der Waals surface area contributed by atoms with Crippen LogP contribution in [0.3, 0.4) is 0 Å². The highest BCUT2D eigenvalue weighted by molar-refractivity contribution is 9.10. The second kappa shape index (κ2) is 8.77. The zero-order valence-corrected chi connectivity index (χ0v) is 17.6. The summed E-state index contributed by atoms with van der Waals surface area (Å²) in [6.45, 7) is 5.50. The Hall–Kier alpha value is -2.03. The molecular weight excluding hydrogens is 418 g/mol. The Morgan fingerprint density at radius 3 is 2.41 bits per heavy atom. The number of rotatable bonds is 5. The number of amides is 1. The largest absolute Gasteiger partial charge is 0.490 e. The van der Waals surface area contributed by atoms with Crippen LogP contribution in [0.1, 0.15) is 46.5 Å². The quantitative estimate of drug-likeness (QED) is 0.508. The number of hydrogen-bond donors (Lipinski definition) is 2. The smallest absolute Gasteiger partial charge is 0.407 e. The zero-order valence-electron chi connectivity index (χ0n) is 16.0. The van der Waals surface area contributed by atoms with Crippen molar-refractivity contribution in [2.45, 2.75) is 64.2 Å². The predicted molar refractivity (Wildman–Crippen MR) is 106 cm³/mol. The fraction of sp³-hybridized carbons (Fsp3) is 0.611. The molecule has 1 fully saturated rings. The van der Waals surface area contributed by atoms with E-state index in [0.29, 0.717) is 15.9 Å². The highest BCUT2D eigenvalue weighted by atomic mass is 79.9. The van der Waals surface area contributed by atoms with Crippen molar-refractivity contribution < 1.29 is 19.2 Å². The van der Waals surface area contributed by atoms with E-state index in [1.807, 2.05) is 20.8 Å². The summed E-state index contributed by atoms with van der Waals surface area (Å²) in [6, 6.07) is 3.31. The Morgan fingerprint density at radius 2 is 1.89 bits per heavy atom. The Morgan fingerprint density at radius 1 is 1.26 bits per heavy atom. The molecule has 0 bridgehead atoms. The third-order valence-electron chi connectivity index (χ3n) is 4.19. The lowest BCUT2D eigenvalue weighted by Gasteiger charge is -2.30. The molecule has 8 nitrogen and oxygen atoms in total. The molecule has 0 heterocycles. The molecule has 0 spiro atoms. The molecule has 1 aliphatic rings. The van der Waals surface area contributed by atoms with Crippen molar-refractivity contribution in [1.29, 1.82) is 0 Å². The van der Waals surface area contributed by atoms with Gasteiger partial charge in [-0.3, -0.25) is 10.1 Å². The van der Waals surface area contributed by atoms with E-state index < -0.39 is 16.6 Å². The number of anilines is 1. The Balaban J connectivity index is 1.91. The lowest BCUT2D eigenvalue weighted by atomic mass is 9.93. The van der Waals surface area contributed by atoms with E-state index in [1.165, 1.54) is 0 Å². The van der Waals surface area contributed by atoms with E-state index in [2.05, 4.69) is 26.6 Å². The highest BCUT2D eigenvalue weighted by Crippen LogP contribution is 2.38. The van der Waals surface area contributed by atoms with Crippen molar-refractivity contribution in [2.24, 2.45) is 0 Å². The van der Waals surface area contributed by atoms with Crippen LogP contribution >= 0.6 is 15.9 Å². The Bertz CT molecular complexity index is 697. The van der Waals surface area contributed by atoms with Gasteiger partial charge in [0.1, 0.15) is 21.5 Å². The molecule has 0 saturated heterocycles. The van der Waals surface area contributed by atoms with Gasteiger partial charge in [0.05, 0.1) is 11.0 Å². The first-order chi connectivity index (χ1) is 12.6. The van der Waals surface area contributed by atoms with Crippen LogP contribution in [0.2, 0.25) is 0 Å². The number of carbonyl (C=O) groups is 1. The summed E-state index contributed by atoms with van der Waals surface area (Å²) < 4.78 is 11.7. The van der Waals surface area contributed by atoms with E-state index in [-0.39, 0.29) is 17.8 Å². The fourth-order valence-electron chi connectivity index (χ4n) is 3.01. The van der Waals surface area contributed by atoms with Gasteiger partial charge in [0, 0.05) is 25.2 Å². The molecule has 1 aromatic carbocycles. The van der Waals surface area contributed by atoms with Gasteiger partial charge >= 0.3 is 11.8 Å². The minimum Gasteiger partial charge on any atom is -0.490 e. The van der Waals surface area contributed by atoms with Gasteiger partial charge in [-0.15, -0.1) is 0 Å². The third kappa shape index (κ3) is 6.27. The maximum absolute atomic E-state index is 11.9. The van der Waals surface area contributed by atoms with Crippen molar-refractivity contribution in [3.05, 3.63) is 26.7 Å². The molecule has 1 aromatic rings. The molecule has 2 N–H and O–H groups in total. The molecule has 0 aliphatic heterocycles. The minimum atomic E-state index is -0.515. The standard InChI is InChI=1S/C18H26BrN3O5/c1-18(2,3)27-17(23)21-11-5-7-12(8-6-11)26-13-9-14(19)16(22(24)25)15(10-13)20-4/h9-12,20H,5-8H2,1-4H3,(H,21,23)/t11-,12+. The number of halogens is 1. The molecule has 9 heteroatoms. The molecule has 27 heavy (non-hydrogen) atoms. The van der Waals surface area contributed by atoms with Crippen molar-refractivity contribution >= 4 is 33.4 Å². The van der Waals surface area contributed by atoms with Crippen LogP contribution in [0.15, 0.2) is 16.6 Å². The first kappa shape index (κ1) is 21.3. The molecule has 1 aliphatic carbocycles. The van der Waals surface area contributed by atoms with Gasteiger partial charge in [-0.2, -0.15) is 0 Å². The zero-order chi connectivity index (χ0) is 20.2. The predicted octanol–water partition coefficient (Wildman–Crippen LogP) is 4.61. The average molecular weight is 444 g/mol. The van der Waals surface area contributed by atoms with E-state index in [9.17, 15) is 14.9 Å². The van der Waals surface area contributed by atoms with Gasteiger partial charge in [0.15, 0.2) is 0 Å². The van der Waals surface area contributed by atoms with Crippen LogP contribution in [0.25, 0.3) is 0 Å². The lowest BCUT2D eigenvalue weighted by Crippen LogP contribution is -2.42. The van der Waals surface area contributed by atoms with Crippen molar-refractivity contribution in [3.63, 3.8) is 0 Å². The minimum absolute atomic E-state index is 0.000233. The van der Waals surface area contributed by atoms with Gasteiger partial charge in [0.25, 0.3) is 0 Å². The summed E-state index contributed by atoms with van der Waals surface area (Å²) in [5.74, 6) is 0.570. The van der Waals surface area contributed by atoms with Crippen LogP contribution < -0.4 is 15.4 Å². The summed E-state index contributed by atoms with van der Waals surface area (Å²) in [7, 11) is 1.63. The third-order valence-corrected chi connectivity index (χ3v) is 4.79. The first-order valence-corrected chi connectivity index (χ1v) is 9.70. The number of ether oxygens (including phenoxy) is 2. The molecular formula is C18H26BrN3O5. The summed E-state index contributed by atoms with van der Waals surface area (Å²) >= 11 is 3.24. The lowest BCUT2D eigenvalue weighted by molar-refractivity contribution is -0.384. The van der Waals surface area contributed by atoms with E-state index >= 15 is 0 Å². The highest BCUT2D eigenvalue weighted by Gasteiger charge is 2.27. The number of alkyl carbamates (subject to hydrolysis) is 1. The molecule has 0 atom stereocenters. The number of carbonyl (C=O) groups excluding carboxylic acids is 1. The van der Waals surface area contributed by atoms with Crippen molar-refractivity contribution in [2.75, 3.05) is 12.4 Å². The van der Waals surface area contributed by atoms with Crippen LogP contribution in [0, 0.1) is 10.1 Å². The number of nitrogens with one attached hydrogen (secondary N) is 2.